The highest BCUT2D eigenvalue weighted by atomic mass is 16.5. The normalized spacial score (nSPS) is 12.3. The van der Waals surface area contributed by atoms with Crippen LogP contribution in [0.15, 0.2) is 54.6 Å². The summed E-state index contributed by atoms with van der Waals surface area (Å²) in [5, 5.41) is 4.06. The first-order valence-electron chi connectivity index (χ1n) is 8.25. The van der Waals surface area contributed by atoms with Gasteiger partial charge in [0.1, 0.15) is 11.4 Å². The van der Waals surface area contributed by atoms with Gasteiger partial charge in [-0.1, -0.05) is 30.3 Å². The summed E-state index contributed by atoms with van der Waals surface area (Å²) in [6.45, 7) is 0.521. The van der Waals surface area contributed by atoms with E-state index in [9.17, 15) is 4.79 Å². The minimum absolute atomic E-state index is 0.0826. The van der Waals surface area contributed by atoms with Crippen molar-refractivity contribution >= 4 is 16.8 Å². The van der Waals surface area contributed by atoms with E-state index >= 15 is 0 Å². The Hall–Kier alpha value is -2.79. The van der Waals surface area contributed by atoms with Crippen molar-refractivity contribution in [1.82, 2.24) is 15.2 Å². The lowest BCUT2D eigenvalue weighted by Gasteiger charge is -2.25. The molecule has 1 heterocycles. The van der Waals surface area contributed by atoms with Gasteiger partial charge in [0, 0.05) is 17.4 Å². The third-order valence-corrected chi connectivity index (χ3v) is 4.35. The van der Waals surface area contributed by atoms with Crippen molar-refractivity contribution in [3.05, 3.63) is 65.9 Å². The molecule has 0 bridgehead atoms. The lowest BCUT2D eigenvalue weighted by molar-refractivity contribution is 0.0937. The van der Waals surface area contributed by atoms with E-state index in [0.29, 0.717) is 12.2 Å². The molecule has 1 amide bonds. The van der Waals surface area contributed by atoms with Crippen LogP contribution in [0.3, 0.4) is 0 Å². The molecule has 0 saturated carbocycles. The number of likely N-dealkylation sites (N-methyl/N-ethyl adjacent to an activating group) is 1. The number of nitrogens with zero attached hydrogens (tertiary/aromatic N) is 1. The molecule has 2 N–H and O–H groups in total. The summed E-state index contributed by atoms with van der Waals surface area (Å²) in [5.41, 5.74) is 2.67. The Bertz CT molecular complexity index is 820. The molecule has 0 fully saturated rings. The first-order chi connectivity index (χ1) is 12.1. The van der Waals surface area contributed by atoms with Crippen molar-refractivity contribution < 1.29 is 9.53 Å². The highest BCUT2D eigenvalue weighted by molar-refractivity contribution is 5.97. The van der Waals surface area contributed by atoms with E-state index in [1.807, 2.05) is 68.7 Å². The second kappa shape index (κ2) is 7.40. The molecule has 0 unspecified atom stereocenters. The number of methoxy groups -OCH3 is 1. The van der Waals surface area contributed by atoms with Gasteiger partial charge in [-0.05, 0) is 43.9 Å². The fraction of sp³-hybridized carbons (Fsp3) is 0.250. The number of amides is 1. The third kappa shape index (κ3) is 3.83. The molecule has 1 aromatic heterocycles. The lowest BCUT2D eigenvalue weighted by atomic mass is 10.1. The maximum Gasteiger partial charge on any atom is 0.267 e. The number of aromatic nitrogens is 1. The standard InChI is InChI=1S/C20H23N3O2/c1-23(2)19(14-8-10-16(25-3)11-9-14)13-21-20(24)18-12-15-6-4-5-7-17(15)22-18/h4-12,19,22H,13H2,1-3H3,(H,21,24)/t19-/m1/s1. The topological polar surface area (TPSA) is 57.4 Å². The van der Waals surface area contributed by atoms with Gasteiger partial charge in [0.05, 0.1) is 13.2 Å². The predicted molar refractivity (Wildman–Crippen MR) is 100 cm³/mol. The number of hydrogen-bond donors (Lipinski definition) is 2. The Morgan fingerprint density at radius 3 is 2.52 bits per heavy atom. The number of ether oxygens (including phenoxy) is 1. The zero-order valence-electron chi connectivity index (χ0n) is 14.7. The van der Waals surface area contributed by atoms with Crippen LogP contribution >= 0.6 is 0 Å². The van der Waals surface area contributed by atoms with Crippen LogP contribution in [0.4, 0.5) is 0 Å². The number of para-hydroxylation sites is 1. The van der Waals surface area contributed by atoms with Crippen LogP contribution in [-0.4, -0.2) is 43.5 Å². The van der Waals surface area contributed by atoms with Crippen molar-refractivity contribution in [2.45, 2.75) is 6.04 Å². The SMILES string of the molecule is COc1ccc([C@@H](CNC(=O)c2cc3ccccc3[nH]2)N(C)C)cc1. The Kier molecular flexibility index (Phi) is 5.05. The maximum absolute atomic E-state index is 12.5. The quantitative estimate of drug-likeness (QED) is 0.726. The molecule has 1 atom stereocenters. The number of fused-ring (bicyclic) bond motifs is 1. The molecule has 5 heteroatoms. The van der Waals surface area contributed by atoms with E-state index in [-0.39, 0.29) is 11.9 Å². The molecule has 0 spiro atoms. The predicted octanol–water partition coefficient (Wildman–Crippen LogP) is 3.21. The van der Waals surface area contributed by atoms with Crippen LogP contribution < -0.4 is 10.1 Å². The zero-order chi connectivity index (χ0) is 17.8. The summed E-state index contributed by atoms with van der Waals surface area (Å²) >= 11 is 0. The zero-order valence-corrected chi connectivity index (χ0v) is 14.7. The molecule has 130 valence electrons. The van der Waals surface area contributed by atoms with Gasteiger partial charge in [-0.2, -0.15) is 0 Å². The fourth-order valence-electron chi connectivity index (χ4n) is 2.90. The second-order valence-corrected chi connectivity index (χ2v) is 6.23. The number of carbonyl (C=O) groups is 1. The summed E-state index contributed by atoms with van der Waals surface area (Å²) in [6, 6.07) is 17.8. The maximum atomic E-state index is 12.5. The molecule has 3 aromatic rings. The largest absolute Gasteiger partial charge is 0.497 e. The van der Waals surface area contributed by atoms with Crippen LogP contribution in [0.25, 0.3) is 10.9 Å². The van der Waals surface area contributed by atoms with Gasteiger partial charge >= 0.3 is 0 Å². The van der Waals surface area contributed by atoms with Gasteiger partial charge in [0.2, 0.25) is 0 Å². The van der Waals surface area contributed by atoms with Crippen molar-refractivity contribution in [2.24, 2.45) is 0 Å². The molecule has 2 aromatic carbocycles. The molecule has 0 aliphatic carbocycles. The molecule has 25 heavy (non-hydrogen) atoms. The van der Waals surface area contributed by atoms with Crippen LogP contribution in [0.5, 0.6) is 5.75 Å². The van der Waals surface area contributed by atoms with E-state index in [0.717, 1.165) is 22.2 Å². The highest BCUT2D eigenvalue weighted by Gasteiger charge is 2.17. The van der Waals surface area contributed by atoms with E-state index in [2.05, 4.69) is 15.2 Å². The number of benzene rings is 2. The van der Waals surface area contributed by atoms with Gasteiger partial charge < -0.3 is 19.9 Å². The van der Waals surface area contributed by atoms with Crippen LogP contribution in [-0.2, 0) is 0 Å². The summed E-state index contributed by atoms with van der Waals surface area (Å²) < 4.78 is 5.21. The molecule has 0 saturated heterocycles. The van der Waals surface area contributed by atoms with Crippen LogP contribution in [0, 0.1) is 0 Å². The van der Waals surface area contributed by atoms with Crippen molar-refractivity contribution in [3.8, 4) is 5.75 Å². The molecule has 5 nitrogen and oxygen atoms in total. The summed E-state index contributed by atoms with van der Waals surface area (Å²) in [7, 11) is 5.66. The Labute approximate surface area is 147 Å². The minimum Gasteiger partial charge on any atom is -0.497 e. The summed E-state index contributed by atoms with van der Waals surface area (Å²) in [5.74, 6) is 0.722. The van der Waals surface area contributed by atoms with Gasteiger partial charge in [-0.3, -0.25) is 4.79 Å². The summed E-state index contributed by atoms with van der Waals surface area (Å²) in [4.78, 5) is 17.7. The first kappa shape index (κ1) is 17.0. The Morgan fingerprint density at radius 2 is 1.88 bits per heavy atom. The van der Waals surface area contributed by atoms with Crippen LogP contribution in [0.2, 0.25) is 0 Å². The Morgan fingerprint density at radius 1 is 1.16 bits per heavy atom. The number of carbonyl (C=O) groups excluding carboxylic acids is 1. The molecular weight excluding hydrogens is 314 g/mol. The smallest absolute Gasteiger partial charge is 0.267 e. The Balaban J connectivity index is 1.71. The molecule has 0 radical (unpaired) electrons. The molecule has 0 aliphatic heterocycles. The van der Waals surface area contributed by atoms with Crippen molar-refractivity contribution in [2.75, 3.05) is 27.7 Å². The van der Waals surface area contributed by atoms with E-state index in [4.69, 9.17) is 4.74 Å². The summed E-state index contributed by atoms with van der Waals surface area (Å²) in [6.07, 6.45) is 0. The van der Waals surface area contributed by atoms with Crippen LogP contribution in [0.1, 0.15) is 22.1 Å². The van der Waals surface area contributed by atoms with Gasteiger partial charge in [-0.15, -0.1) is 0 Å². The first-order valence-corrected chi connectivity index (χ1v) is 8.25. The fourth-order valence-corrected chi connectivity index (χ4v) is 2.90. The number of hydrogen-bond acceptors (Lipinski definition) is 3. The van der Waals surface area contributed by atoms with Gasteiger partial charge in [-0.25, -0.2) is 0 Å². The van der Waals surface area contributed by atoms with E-state index in [1.165, 1.54) is 0 Å². The molecule has 3 rings (SSSR count). The van der Waals surface area contributed by atoms with Gasteiger partial charge in [0.15, 0.2) is 0 Å². The number of rotatable bonds is 6. The average molecular weight is 337 g/mol. The molecular formula is C20H23N3O2. The number of aromatic amines is 1. The number of H-pyrrole nitrogens is 1. The van der Waals surface area contributed by atoms with Crippen molar-refractivity contribution in [1.29, 1.82) is 0 Å². The second-order valence-electron chi connectivity index (χ2n) is 6.23. The number of nitrogens with one attached hydrogen (secondary N) is 2. The van der Waals surface area contributed by atoms with Crippen molar-refractivity contribution in [3.63, 3.8) is 0 Å². The van der Waals surface area contributed by atoms with Gasteiger partial charge in [0.25, 0.3) is 5.91 Å². The third-order valence-electron chi connectivity index (χ3n) is 4.35. The highest BCUT2D eigenvalue weighted by Crippen LogP contribution is 2.21. The van der Waals surface area contributed by atoms with E-state index in [1.54, 1.807) is 7.11 Å². The monoisotopic (exact) mass is 337 g/mol. The molecule has 0 aliphatic rings. The van der Waals surface area contributed by atoms with E-state index < -0.39 is 0 Å². The minimum atomic E-state index is -0.100. The average Bonchev–Trinajstić information content (AvgIpc) is 3.06. The lowest BCUT2D eigenvalue weighted by Crippen LogP contribution is -2.34.